The SMILES string of the molecule is CCCCCC(C)CCC(=O)OCCl. The van der Waals surface area contributed by atoms with Crippen molar-refractivity contribution in [2.24, 2.45) is 5.92 Å². The highest BCUT2D eigenvalue weighted by atomic mass is 35.5. The lowest BCUT2D eigenvalue weighted by molar-refractivity contribution is -0.141. The summed E-state index contributed by atoms with van der Waals surface area (Å²) in [5.74, 6) is 0.437. The standard InChI is InChI=1S/C11H21ClO2/c1-3-4-5-6-10(2)7-8-11(13)14-9-12/h10H,3-9H2,1-2H3. The van der Waals surface area contributed by atoms with Crippen LogP contribution in [-0.4, -0.2) is 12.0 Å². The van der Waals surface area contributed by atoms with Crippen molar-refractivity contribution in [1.82, 2.24) is 0 Å². The smallest absolute Gasteiger partial charge is 0.306 e. The molecule has 0 saturated carbocycles. The second kappa shape index (κ2) is 9.32. The van der Waals surface area contributed by atoms with Gasteiger partial charge in [0.25, 0.3) is 0 Å². The normalized spacial score (nSPS) is 12.5. The van der Waals surface area contributed by atoms with Crippen LogP contribution in [0.15, 0.2) is 0 Å². The van der Waals surface area contributed by atoms with Crippen LogP contribution in [-0.2, 0) is 9.53 Å². The first-order valence-corrected chi connectivity index (χ1v) is 5.95. The fourth-order valence-corrected chi connectivity index (χ4v) is 1.51. The molecule has 0 radical (unpaired) electrons. The molecule has 0 fully saturated rings. The van der Waals surface area contributed by atoms with E-state index in [1.54, 1.807) is 0 Å². The third-order valence-corrected chi connectivity index (χ3v) is 2.47. The van der Waals surface area contributed by atoms with Crippen LogP contribution in [0.1, 0.15) is 52.4 Å². The molecule has 2 nitrogen and oxygen atoms in total. The molecule has 0 bridgehead atoms. The molecule has 3 heteroatoms. The number of hydrogen-bond acceptors (Lipinski definition) is 2. The first-order valence-electron chi connectivity index (χ1n) is 5.42. The number of halogens is 1. The minimum atomic E-state index is -0.178. The summed E-state index contributed by atoms with van der Waals surface area (Å²) in [5, 5.41) is 0. The maximum Gasteiger partial charge on any atom is 0.306 e. The van der Waals surface area contributed by atoms with E-state index in [-0.39, 0.29) is 12.0 Å². The lowest BCUT2D eigenvalue weighted by Crippen LogP contribution is -2.05. The molecular formula is C11H21ClO2. The van der Waals surface area contributed by atoms with Gasteiger partial charge in [-0.15, -0.1) is 0 Å². The molecule has 84 valence electrons. The molecule has 1 unspecified atom stereocenters. The van der Waals surface area contributed by atoms with Crippen molar-refractivity contribution in [2.75, 3.05) is 6.07 Å². The summed E-state index contributed by atoms with van der Waals surface area (Å²) < 4.78 is 4.64. The molecule has 0 saturated heterocycles. The number of carbonyl (C=O) groups excluding carboxylic acids is 1. The van der Waals surface area contributed by atoms with Crippen molar-refractivity contribution in [2.45, 2.75) is 52.4 Å². The molecule has 0 aromatic rings. The molecule has 0 amide bonds. The Morgan fingerprint density at radius 1 is 1.36 bits per heavy atom. The molecule has 0 aliphatic carbocycles. The van der Waals surface area contributed by atoms with E-state index >= 15 is 0 Å². The van der Waals surface area contributed by atoms with Crippen LogP contribution in [0.4, 0.5) is 0 Å². The first kappa shape index (κ1) is 13.8. The van der Waals surface area contributed by atoms with Crippen LogP contribution in [0.5, 0.6) is 0 Å². The Balaban J connectivity index is 3.33. The zero-order valence-electron chi connectivity index (χ0n) is 9.22. The third-order valence-electron chi connectivity index (χ3n) is 2.36. The maximum absolute atomic E-state index is 11.0. The summed E-state index contributed by atoms with van der Waals surface area (Å²) in [6.07, 6.45) is 6.43. The number of ether oxygens (including phenoxy) is 1. The molecule has 0 aromatic heterocycles. The third kappa shape index (κ3) is 8.36. The van der Waals surface area contributed by atoms with E-state index in [1.807, 2.05) is 0 Å². The lowest BCUT2D eigenvalue weighted by atomic mass is 9.98. The van der Waals surface area contributed by atoms with Gasteiger partial charge < -0.3 is 4.74 Å². The topological polar surface area (TPSA) is 26.3 Å². The summed E-state index contributed by atoms with van der Waals surface area (Å²) in [4.78, 5) is 11.0. The minimum Gasteiger partial charge on any atom is -0.449 e. The highest BCUT2D eigenvalue weighted by molar-refractivity contribution is 6.17. The average Bonchev–Trinajstić information content (AvgIpc) is 2.16. The van der Waals surface area contributed by atoms with E-state index in [0.717, 1.165) is 6.42 Å². The van der Waals surface area contributed by atoms with Gasteiger partial charge >= 0.3 is 5.97 Å². The first-order chi connectivity index (χ1) is 6.70. The van der Waals surface area contributed by atoms with E-state index in [0.29, 0.717) is 12.3 Å². The number of rotatable bonds is 8. The highest BCUT2D eigenvalue weighted by Gasteiger charge is 2.06. The van der Waals surface area contributed by atoms with Gasteiger partial charge in [-0.25, -0.2) is 0 Å². The molecule has 0 aromatic carbocycles. The van der Waals surface area contributed by atoms with Gasteiger partial charge in [0.05, 0.1) is 0 Å². The zero-order valence-corrected chi connectivity index (χ0v) is 9.98. The van der Waals surface area contributed by atoms with Crippen LogP contribution in [0.3, 0.4) is 0 Å². The van der Waals surface area contributed by atoms with E-state index in [4.69, 9.17) is 11.6 Å². The van der Waals surface area contributed by atoms with E-state index < -0.39 is 0 Å². The number of carbonyl (C=O) groups is 1. The quantitative estimate of drug-likeness (QED) is 0.354. The van der Waals surface area contributed by atoms with Crippen molar-refractivity contribution in [3.63, 3.8) is 0 Å². The molecule has 0 N–H and O–H groups in total. The van der Waals surface area contributed by atoms with E-state index in [2.05, 4.69) is 18.6 Å². The predicted octanol–water partition coefficient (Wildman–Crippen LogP) is 3.72. The number of hydrogen-bond donors (Lipinski definition) is 0. The Hall–Kier alpha value is -0.240. The van der Waals surface area contributed by atoms with Crippen LogP contribution in [0.2, 0.25) is 0 Å². The Bertz CT molecular complexity index is 148. The largest absolute Gasteiger partial charge is 0.449 e. The second-order valence-corrected chi connectivity index (χ2v) is 3.98. The van der Waals surface area contributed by atoms with Crippen molar-refractivity contribution < 1.29 is 9.53 Å². The number of unbranched alkanes of at least 4 members (excludes halogenated alkanes) is 2. The summed E-state index contributed by atoms with van der Waals surface area (Å²) in [6, 6.07) is -0.0248. The summed E-state index contributed by atoms with van der Waals surface area (Å²) in [5.41, 5.74) is 0. The molecule has 0 aliphatic rings. The van der Waals surface area contributed by atoms with Gasteiger partial charge in [0.1, 0.15) is 0 Å². The van der Waals surface area contributed by atoms with Crippen LogP contribution in [0, 0.1) is 5.92 Å². The monoisotopic (exact) mass is 220 g/mol. The van der Waals surface area contributed by atoms with Gasteiger partial charge in [0.2, 0.25) is 0 Å². The van der Waals surface area contributed by atoms with Gasteiger partial charge in [-0.2, -0.15) is 0 Å². The molecule has 0 aliphatic heterocycles. The minimum absolute atomic E-state index is 0.0248. The Kier molecular flexibility index (Phi) is 9.16. The van der Waals surface area contributed by atoms with E-state index in [1.165, 1.54) is 25.7 Å². The van der Waals surface area contributed by atoms with Gasteiger partial charge in [-0.3, -0.25) is 4.79 Å². The zero-order chi connectivity index (χ0) is 10.8. The van der Waals surface area contributed by atoms with Crippen molar-refractivity contribution in [3.8, 4) is 0 Å². The Labute approximate surface area is 92.0 Å². The molecule has 0 spiro atoms. The fourth-order valence-electron chi connectivity index (χ4n) is 1.38. The molecule has 0 heterocycles. The number of alkyl halides is 1. The Morgan fingerprint density at radius 2 is 2.07 bits per heavy atom. The van der Waals surface area contributed by atoms with Crippen LogP contribution in [0.25, 0.3) is 0 Å². The lowest BCUT2D eigenvalue weighted by Gasteiger charge is -2.09. The van der Waals surface area contributed by atoms with Gasteiger partial charge in [0, 0.05) is 6.42 Å². The predicted molar refractivity (Wildman–Crippen MR) is 59.4 cm³/mol. The second-order valence-electron chi connectivity index (χ2n) is 3.77. The van der Waals surface area contributed by atoms with Crippen molar-refractivity contribution in [3.05, 3.63) is 0 Å². The van der Waals surface area contributed by atoms with E-state index in [9.17, 15) is 4.79 Å². The maximum atomic E-state index is 11.0. The van der Waals surface area contributed by atoms with Gasteiger partial charge in [-0.1, -0.05) is 51.1 Å². The van der Waals surface area contributed by atoms with Crippen LogP contribution >= 0.6 is 11.6 Å². The average molecular weight is 221 g/mol. The Morgan fingerprint density at radius 3 is 2.64 bits per heavy atom. The molecular weight excluding hydrogens is 200 g/mol. The van der Waals surface area contributed by atoms with Crippen molar-refractivity contribution in [1.29, 1.82) is 0 Å². The molecule has 0 rings (SSSR count). The van der Waals surface area contributed by atoms with Crippen LogP contribution < -0.4 is 0 Å². The summed E-state index contributed by atoms with van der Waals surface area (Å²) in [7, 11) is 0. The summed E-state index contributed by atoms with van der Waals surface area (Å²) in [6.45, 7) is 4.38. The fraction of sp³-hybridized carbons (Fsp3) is 0.909. The number of esters is 1. The summed E-state index contributed by atoms with van der Waals surface area (Å²) >= 11 is 5.27. The van der Waals surface area contributed by atoms with Gasteiger partial charge in [0.15, 0.2) is 6.07 Å². The molecule has 14 heavy (non-hydrogen) atoms. The van der Waals surface area contributed by atoms with Gasteiger partial charge in [-0.05, 0) is 12.3 Å². The molecule has 1 atom stereocenters. The highest BCUT2D eigenvalue weighted by Crippen LogP contribution is 2.15. The van der Waals surface area contributed by atoms with Crippen molar-refractivity contribution >= 4 is 17.6 Å².